The van der Waals surface area contributed by atoms with E-state index in [9.17, 15) is 4.39 Å². The van der Waals surface area contributed by atoms with Gasteiger partial charge in [0.2, 0.25) is 0 Å². The lowest BCUT2D eigenvalue weighted by Crippen LogP contribution is -2.47. The van der Waals surface area contributed by atoms with Crippen LogP contribution in [0.15, 0.2) is 29.3 Å². The zero-order chi connectivity index (χ0) is 12.8. The number of fused-ring (bicyclic) bond motifs is 1. The molecule has 2 aliphatic rings. The zero-order valence-electron chi connectivity index (χ0n) is 10.1. The van der Waals surface area contributed by atoms with Crippen molar-refractivity contribution in [2.45, 2.75) is 18.6 Å². The molecule has 2 N–H and O–H groups in total. The van der Waals surface area contributed by atoms with Gasteiger partial charge in [0, 0.05) is 5.56 Å². The van der Waals surface area contributed by atoms with Gasteiger partial charge in [0.05, 0.1) is 24.7 Å². The second-order valence-corrected chi connectivity index (χ2v) is 4.88. The molecule has 1 fully saturated rings. The normalized spacial score (nSPS) is 34.7. The number of benzene rings is 1. The zero-order valence-corrected chi connectivity index (χ0v) is 10.1. The molecule has 5 heteroatoms. The van der Waals surface area contributed by atoms with Crippen LogP contribution >= 0.6 is 0 Å². The van der Waals surface area contributed by atoms with E-state index in [0.29, 0.717) is 18.8 Å². The number of nitrogens with two attached hydrogens (primary N) is 1. The minimum atomic E-state index is -0.727. The highest BCUT2D eigenvalue weighted by molar-refractivity contribution is 5.73. The Morgan fingerprint density at radius 2 is 2.17 bits per heavy atom. The summed E-state index contributed by atoms with van der Waals surface area (Å²) < 4.78 is 24.9. The molecule has 0 radical (unpaired) electrons. The Bertz CT molecular complexity index is 506. The topological polar surface area (TPSA) is 56.8 Å². The van der Waals surface area contributed by atoms with Gasteiger partial charge in [-0.05, 0) is 13.0 Å². The summed E-state index contributed by atoms with van der Waals surface area (Å²) in [6.45, 7) is 2.87. The van der Waals surface area contributed by atoms with E-state index >= 15 is 0 Å². The average molecular weight is 250 g/mol. The third-order valence-corrected chi connectivity index (χ3v) is 3.78. The van der Waals surface area contributed by atoms with Crippen molar-refractivity contribution in [1.82, 2.24) is 0 Å². The van der Waals surface area contributed by atoms with Gasteiger partial charge in [0.15, 0.2) is 0 Å². The highest BCUT2D eigenvalue weighted by Gasteiger charge is 2.49. The van der Waals surface area contributed by atoms with E-state index in [-0.39, 0.29) is 23.9 Å². The Hall–Kier alpha value is -1.62. The summed E-state index contributed by atoms with van der Waals surface area (Å²) in [6, 6.07) is 6.75. The number of aliphatic imine (C=N–C) groups is 1. The molecule has 1 aromatic carbocycles. The Balaban J connectivity index is 2.12. The lowest BCUT2D eigenvalue weighted by Gasteiger charge is -2.38. The first kappa shape index (κ1) is 11.5. The maximum absolute atomic E-state index is 14.0. The molecule has 4 nitrogen and oxygen atoms in total. The van der Waals surface area contributed by atoms with Crippen molar-refractivity contribution in [3.63, 3.8) is 0 Å². The van der Waals surface area contributed by atoms with E-state index in [0.717, 1.165) is 0 Å². The minimum Gasteiger partial charge on any atom is -0.459 e. The molecule has 0 bridgehead atoms. The van der Waals surface area contributed by atoms with E-state index in [2.05, 4.69) is 4.99 Å². The van der Waals surface area contributed by atoms with Crippen molar-refractivity contribution < 1.29 is 13.9 Å². The number of hydrogen-bond acceptors (Lipinski definition) is 4. The van der Waals surface area contributed by atoms with E-state index in [1.807, 2.05) is 6.92 Å². The van der Waals surface area contributed by atoms with Crippen LogP contribution in [0.2, 0.25) is 0 Å². The third-order valence-electron chi connectivity index (χ3n) is 3.78. The van der Waals surface area contributed by atoms with Crippen molar-refractivity contribution in [2.24, 2.45) is 16.6 Å². The molecule has 0 aliphatic carbocycles. The number of rotatable bonds is 1. The molecular formula is C13H15FN2O2. The van der Waals surface area contributed by atoms with Crippen molar-refractivity contribution in [3.05, 3.63) is 35.6 Å². The lowest BCUT2D eigenvalue weighted by atomic mass is 9.77. The fraction of sp³-hybridized carbons (Fsp3) is 0.462. The van der Waals surface area contributed by atoms with Crippen molar-refractivity contribution in [2.75, 3.05) is 13.2 Å². The summed E-state index contributed by atoms with van der Waals surface area (Å²) >= 11 is 0. The van der Waals surface area contributed by atoms with Crippen LogP contribution in [0.5, 0.6) is 0 Å². The first-order valence-electron chi connectivity index (χ1n) is 5.96. The number of hydrogen-bond donors (Lipinski definition) is 1. The van der Waals surface area contributed by atoms with Crippen LogP contribution in [-0.4, -0.2) is 25.3 Å². The monoisotopic (exact) mass is 250 g/mol. The van der Waals surface area contributed by atoms with Gasteiger partial charge in [-0.15, -0.1) is 0 Å². The van der Waals surface area contributed by atoms with Crippen molar-refractivity contribution in [3.8, 4) is 0 Å². The molecule has 0 spiro atoms. The van der Waals surface area contributed by atoms with Crippen LogP contribution in [0, 0.1) is 11.7 Å². The predicted octanol–water partition coefficient (Wildman–Crippen LogP) is 1.40. The van der Waals surface area contributed by atoms with Crippen LogP contribution < -0.4 is 5.73 Å². The molecule has 96 valence electrons. The summed E-state index contributed by atoms with van der Waals surface area (Å²) in [5, 5.41) is 0. The van der Waals surface area contributed by atoms with Crippen LogP contribution in [-0.2, 0) is 15.0 Å². The summed E-state index contributed by atoms with van der Waals surface area (Å²) in [4.78, 5) is 4.34. The molecule has 0 amide bonds. The van der Waals surface area contributed by atoms with Gasteiger partial charge < -0.3 is 15.2 Å². The van der Waals surface area contributed by atoms with E-state index in [4.69, 9.17) is 15.2 Å². The molecule has 2 heterocycles. The summed E-state index contributed by atoms with van der Waals surface area (Å²) in [6.07, 6.45) is -0.146. The Morgan fingerprint density at radius 3 is 2.94 bits per heavy atom. The first-order valence-corrected chi connectivity index (χ1v) is 5.96. The van der Waals surface area contributed by atoms with Gasteiger partial charge in [-0.1, -0.05) is 18.2 Å². The predicted molar refractivity (Wildman–Crippen MR) is 64.6 cm³/mol. The standard InChI is InChI=1S/C13H15FN2O2/c1-13(8-4-2-3-5-10(8)14)9-6-17-7-11(9)18-12(15)16-13/h2-5,9,11H,6-7H2,1H3,(H2,15,16)/t9-,11+,13+/m0/s1. The van der Waals surface area contributed by atoms with Gasteiger partial charge in [-0.2, -0.15) is 0 Å². The molecule has 3 atom stereocenters. The second-order valence-electron chi connectivity index (χ2n) is 4.88. The van der Waals surface area contributed by atoms with E-state index < -0.39 is 5.54 Å². The number of nitrogens with zero attached hydrogens (tertiary/aromatic N) is 1. The van der Waals surface area contributed by atoms with Crippen LogP contribution in [0.4, 0.5) is 4.39 Å². The molecule has 18 heavy (non-hydrogen) atoms. The summed E-state index contributed by atoms with van der Waals surface area (Å²) in [5.74, 6) is -0.286. The molecule has 0 unspecified atom stereocenters. The smallest absolute Gasteiger partial charge is 0.283 e. The second kappa shape index (κ2) is 3.95. The highest BCUT2D eigenvalue weighted by atomic mass is 19.1. The lowest BCUT2D eigenvalue weighted by molar-refractivity contribution is 0.0817. The van der Waals surface area contributed by atoms with Crippen molar-refractivity contribution >= 4 is 6.02 Å². The maximum atomic E-state index is 14.0. The van der Waals surface area contributed by atoms with Crippen LogP contribution in [0.25, 0.3) is 0 Å². The van der Waals surface area contributed by atoms with Gasteiger partial charge >= 0.3 is 0 Å². The largest absolute Gasteiger partial charge is 0.459 e. The molecule has 1 saturated heterocycles. The quantitative estimate of drug-likeness (QED) is 0.819. The average Bonchev–Trinajstić information content (AvgIpc) is 2.78. The Kier molecular flexibility index (Phi) is 2.52. The minimum absolute atomic E-state index is 0.0123. The molecule has 2 aliphatic heterocycles. The molecule has 0 saturated carbocycles. The Labute approximate surface area is 105 Å². The fourth-order valence-corrected chi connectivity index (χ4v) is 2.80. The molecule has 0 aromatic heterocycles. The molecular weight excluding hydrogens is 235 g/mol. The third kappa shape index (κ3) is 1.58. The van der Waals surface area contributed by atoms with Gasteiger partial charge in [0.25, 0.3) is 6.02 Å². The summed E-state index contributed by atoms with van der Waals surface area (Å²) in [5.41, 5.74) is 5.51. The molecule has 3 rings (SSSR count). The molecule has 1 aromatic rings. The van der Waals surface area contributed by atoms with Gasteiger partial charge in [0.1, 0.15) is 11.9 Å². The van der Waals surface area contributed by atoms with Crippen molar-refractivity contribution in [1.29, 1.82) is 0 Å². The van der Waals surface area contributed by atoms with Gasteiger partial charge in [-0.25, -0.2) is 9.38 Å². The Morgan fingerprint density at radius 1 is 1.39 bits per heavy atom. The first-order chi connectivity index (χ1) is 8.61. The van der Waals surface area contributed by atoms with E-state index in [1.165, 1.54) is 6.07 Å². The van der Waals surface area contributed by atoms with Crippen LogP contribution in [0.1, 0.15) is 12.5 Å². The van der Waals surface area contributed by atoms with Crippen LogP contribution in [0.3, 0.4) is 0 Å². The number of ether oxygens (including phenoxy) is 2. The van der Waals surface area contributed by atoms with Gasteiger partial charge in [-0.3, -0.25) is 0 Å². The summed E-state index contributed by atoms with van der Waals surface area (Å²) in [7, 11) is 0. The van der Waals surface area contributed by atoms with E-state index in [1.54, 1.807) is 18.2 Å². The highest BCUT2D eigenvalue weighted by Crippen LogP contribution is 2.42. The number of halogens is 1. The fourth-order valence-electron chi connectivity index (χ4n) is 2.80. The number of amidine groups is 1. The maximum Gasteiger partial charge on any atom is 0.283 e. The SMILES string of the molecule is C[C@]1(c2ccccc2F)N=C(N)O[C@@H]2COC[C@@H]21.